The SMILES string of the molecule is Cc1ccc(-n2c3c(cc(C(=O)NCCC[NH+]4CCOCC4)c2=O)C(=O)CC(C)(C)C3)cc1. The van der Waals surface area contributed by atoms with Crippen LogP contribution in [-0.4, -0.2) is 55.7 Å². The summed E-state index contributed by atoms with van der Waals surface area (Å²) in [6.45, 7) is 11.0. The van der Waals surface area contributed by atoms with Gasteiger partial charge in [-0.1, -0.05) is 31.5 Å². The second-order valence-electron chi connectivity index (χ2n) is 10.1. The van der Waals surface area contributed by atoms with Gasteiger partial charge in [0.25, 0.3) is 11.5 Å². The summed E-state index contributed by atoms with van der Waals surface area (Å²) in [6.07, 6.45) is 1.82. The Morgan fingerprint density at radius 2 is 1.82 bits per heavy atom. The second-order valence-corrected chi connectivity index (χ2v) is 10.1. The highest BCUT2D eigenvalue weighted by atomic mass is 16.5. The number of nitrogens with one attached hydrogen (secondary N) is 2. The topological polar surface area (TPSA) is 81.8 Å². The zero-order valence-corrected chi connectivity index (χ0v) is 19.8. The molecule has 1 saturated heterocycles. The maximum Gasteiger partial charge on any atom is 0.268 e. The number of nitrogens with zero attached hydrogens (tertiary/aromatic N) is 1. The van der Waals surface area contributed by atoms with Gasteiger partial charge in [-0.15, -0.1) is 0 Å². The minimum absolute atomic E-state index is 0.0212. The van der Waals surface area contributed by atoms with E-state index in [0.29, 0.717) is 36.3 Å². The van der Waals surface area contributed by atoms with E-state index in [-0.39, 0.29) is 22.3 Å². The van der Waals surface area contributed by atoms with Crippen LogP contribution in [0.5, 0.6) is 0 Å². The quantitative estimate of drug-likeness (QED) is 0.648. The van der Waals surface area contributed by atoms with E-state index in [4.69, 9.17) is 4.74 Å². The molecule has 7 nitrogen and oxygen atoms in total. The number of quaternary nitrogens is 1. The Kier molecular flexibility index (Phi) is 6.81. The van der Waals surface area contributed by atoms with Crippen molar-refractivity contribution < 1.29 is 19.2 Å². The van der Waals surface area contributed by atoms with Crippen molar-refractivity contribution in [2.75, 3.05) is 39.4 Å². The number of carbonyl (C=O) groups excluding carboxylic acids is 2. The normalized spacial score (nSPS) is 18.1. The van der Waals surface area contributed by atoms with E-state index in [2.05, 4.69) is 5.32 Å². The molecular formula is C26H34N3O4+. The molecule has 0 atom stereocenters. The number of ketones is 1. The molecule has 2 aromatic rings. The van der Waals surface area contributed by atoms with Crippen LogP contribution in [0, 0.1) is 12.3 Å². The van der Waals surface area contributed by atoms with Crippen molar-refractivity contribution in [3.63, 3.8) is 0 Å². The first kappa shape index (κ1) is 23.4. The van der Waals surface area contributed by atoms with Crippen molar-refractivity contribution in [2.24, 2.45) is 5.41 Å². The summed E-state index contributed by atoms with van der Waals surface area (Å²) in [4.78, 5) is 41.0. The van der Waals surface area contributed by atoms with E-state index < -0.39 is 5.91 Å². The summed E-state index contributed by atoms with van der Waals surface area (Å²) < 4.78 is 6.95. The first-order chi connectivity index (χ1) is 15.7. The third-order valence-corrected chi connectivity index (χ3v) is 6.62. The lowest BCUT2D eigenvalue weighted by Gasteiger charge is -2.32. The number of hydrogen-bond donors (Lipinski definition) is 2. The number of benzene rings is 1. The molecule has 0 radical (unpaired) electrons. The highest BCUT2D eigenvalue weighted by Gasteiger charge is 2.35. The number of aromatic nitrogens is 1. The number of rotatable bonds is 6. The third kappa shape index (κ3) is 5.25. The molecule has 0 bridgehead atoms. The van der Waals surface area contributed by atoms with Crippen LogP contribution >= 0.6 is 0 Å². The van der Waals surface area contributed by atoms with Gasteiger partial charge >= 0.3 is 0 Å². The minimum Gasteiger partial charge on any atom is -0.370 e. The Bertz CT molecular complexity index is 1100. The molecule has 0 unspecified atom stereocenters. The monoisotopic (exact) mass is 452 g/mol. The molecule has 1 aliphatic carbocycles. The van der Waals surface area contributed by atoms with Crippen LogP contribution in [0.3, 0.4) is 0 Å². The van der Waals surface area contributed by atoms with Gasteiger partial charge in [-0.25, -0.2) is 0 Å². The zero-order valence-electron chi connectivity index (χ0n) is 19.8. The smallest absolute Gasteiger partial charge is 0.268 e. The minimum atomic E-state index is -0.418. The van der Waals surface area contributed by atoms with Crippen LogP contribution in [0.2, 0.25) is 0 Å². The van der Waals surface area contributed by atoms with E-state index >= 15 is 0 Å². The fourth-order valence-corrected chi connectivity index (χ4v) is 4.79. The standard InChI is InChI=1S/C26H33N3O4/c1-18-5-7-19(8-6-18)29-22-16-26(2,3)17-23(30)20(22)15-21(25(29)32)24(31)27-9-4-10-28-11-13-33-14-12-28/h5-8,15H,4,9-14,16-17H2,1-3H3,(H,27,31)/p+1. The van der Waals surface area contributed by atoms with Crippen LogP contribution in [0.15, 0.2) is 35.1 Å². The molecule has 33 heavy (non-hydrogen) atoms. The lowest BCUT2D eigenvalue weighted by atomic mass is 9.75. The molecule has 1 fully saturated rings. The van der Waals surface area contributed by atoms with Gasteiger partial charge in [0, 0.05) is 36.3 Å². The van der Waals surface area contributed by atoms with Gasteiger partial charge in [0.05, 0.1) is 19.8 Å². The summed E-state index contributed by atoms with van der Waals surface area (Å²) in [7, 11) is 0. The molecule has 2 N–H and O–H groups in total. The van der Waals surface area contributed by atoms with Crippen LogP contribution in [0.4, 0.5) is 0 Å². The summed E-state index contributed by atoms with van der Waals surface area (Å²) in [5, 5.41) is 2.90. The van der Waals surface area contributed by atoms with Gasteiger partial charge in [0.15, 0.2) is 5.78 Å². The molecule has 0 spiro atoms. The Morgan fingerprint density at radius 1 is 1.12 bits per heavy atom. The van der Waals surface area contributed by atoms with Crippen LogP contribution in [-0.2, 0) is 11.2 Å². The number of fused-ring (bicyclic) bond motifs is 1. The lowest BCUT2D eigenvalue weighted by Crippen LogP contribution is -3.14. The molecule has 2 aliphatic rings. The van der Waals surface area contributed by atoms with Crippen molar-refractivity contribution in [3.8, 4) is 5.69 Å². The van der Waals surface area contributed by atoms with Crippen molar-refractivity contribution in [3.05, 3.63) is 63.1 Å². The van der Waals surface area contributed by atoms with Crippen molar-refractivity contribution in [1.82, 2.24) is 9.88 Å². The first-order valence-electron chi connectivity index (χ1n) is 11.8. The Hall–Kier alpha value is -2.77. The van der Waals surface area contributed by atoms with Gasteiger partial charge in [0.2, 0.25) is 0 Å². The molecule has 1 aliphatic heterocycles. The number of aryl methyl sites for hydroxylation is 1. The molecule has 176 valence electrons. The predicted octanol–water partition coefficient (Wildman–Crippen LogP) is 1.34. The van der Waals surface area contributed by atoms with Crippen molar-refractivity contribution in [1.29, 1.82) is 0 Å². The molecule has 1 amide bonds. The highest BCUT2D eigenvalue weighted by molar-refractivity contribution is 6.02. The predicted molar refractivity (Wildman–Crippen MR) is 127 cm³/mol. The summed E-state index contributed by atoms with van der Waals surface area (Å²) >= 11 is 0. The maximum absolute atomic E-state index is 13.5. The van der Waals surface area contributed by atoms with Gasteiger partial charge in [-0.2, -0.15) is 0 Å². The lowest BCUT2D eigenvalue weighted by molar-refractivity contribution is -0.908. The number of Topliss-reactive ketones (excluding diaryl/α,β-unsaturated/α-hetero) is 1. The van der Waals surface area contributed by atoms with Crippen LogP contribution < -0.4 is 15.8 Å². The Balaban J connectivity index is 1.62. The molecule has 4 rings (SSSR count). The third-order valence-electron chi connectivity index (χ3n) is 6.62. The average Bonchev–Trinajstić information content (AvgIpc) is 2.77. The molecule has 0 saturated carbocycles. The largest absolute Gasteiger partial charge is 0.370 e. The summed E-state index contributed by atoms with van der Waals surface area (Å²) in [5.74, 6) is -0.439. The van der Waals surface area contributed by atoms with Gasteiger partial charge in [-0.3, -0.25) is 19.0 Å². The van der Waals surface area contributed by atoms with Crippen LogP contribution in [0.25, 0.3) is 5.69 Å². The number of ether oxygens (including phenoxy) is 1. The molecular weight excluding hydrogens is 418 g/mol. The number of morpholine rings is 1. The van der Waals surface area contributed by atoms with E-state index in [1.54, 1.807) is 4.57 Å². The van der Waals surface area contributed by atoms with Crippen LogP contribution in [0.1, 0.15) is 58.7 Å². The number of hydrogen-bond acceptors (Lipinski definition) is 4. The van der Waals surface area contributed by atoms with E-state index in [1.807, 2.05) is 45.0 Å². The molecule has 1 aromatic heterocycles. The number of pyridine rings is 1. The highest BCUT2D eigenvalue weighted by Crippen LogP contribution is 2.35. The van der Waals surface area contributed by atoms with Gasteiger partial charge < -0.3 is 15.0 Å². The van der Waals surface area contributed by atoms with Gasteiger partial charge in [-0.05, 0) is 37.0 Å². The Morgan fingerprint density at radius 3 is 2.52 bits per heavy atom. The first-order valence-corrected chi connectivity index (χ1v) is 11.8. The van der Waals surface area contributed by atoms with Crippen molar-refractivity contribution >= 4 is 11.7 Å². The molecule has 7 heteroatoms. The number of amides is 1. The number of carbonyl (C=O) groups is 2. The second kappa shape index (κ2) is 9.61. The molecule has 1 aromatic carbocycles. The fraction of sp³-hybridized carbons (Fsp3) is 0.500. The van der Waals surface area contributed by atoms with E-state index in [1.165, 1.54) is 11.0 Å². The summed E-state index contributed by atoms with van der Waals surface area (Å²) in [6, 6.07) is 9.13. The molecule has 2 heterocycles. The average molecular weight is 453 g/mol. The van der Waals surface area contributed by atoms with E-state index in [0.717, 1.165) is 44.8 Å². The maximum atomic E-state index is 13.5. The van der Waals surface area contributed by atoms with Crippen molar-refractivity contribution in [2.45, 2.75) is 40.0 Å². The van der Waals surface area contributed by atoms with E-state index in [9.17, 15) is 14.4 Å². The fourth-order valence-electron chi connectivity index (χ4n) is 4.79. The summed E-state index contributed by atoms with van der Waals surface area (Å²) in [5.41, 5.74) is 2.34. The zero-order chi connectivity index (χ0) is 23.6. The Labute approximate surface area is 194 Å². The van der Waals surface area contributed by atoms with Gasteiger partial charge in [0.1, 0.15) is 18.7 Å².